The van der Waals surface area contributed by atoms with Crippen LogP contribution in [-0.4, -0.2) is 71.3 Å². The van der Waals surface area contributed by atoms with Crippen LogP contribution in [0.3, 0.4) is 0 Å². The number of piperidine rings is 2. The Kier molecular flexibility index (Phi) is 6.36. The second-order valence-corrected chi connectivity index (χ2v) is 14.5. The molecule has 1 aromatic heterocycles. The fourth-order valence-electron chi connectivity index (χ4n) is 7.99. The lowest BCUT2D eigenvalue weighted by atomic mass is 9.84. The number of benzene rings is 2. The van der Waals surface area contributed by atoms with E-state index < -0.39 is 9.84 Å². The highest BCUT2D eigenvalue weighted by Gasteiger charge is 2.46. The molecule has 4 aliphatic rings. The maximum Gasteiger partial charge on any atom is 0.175 e. The molecule has 2 aromatic carbocycles. The van der Waals surface area contributed by atoms with Crippen molar-refractivity contribution in [3.8, 4) is 11.4 Å². The Balaban J connectivity index is 1.06. The Morgan fingerprint density at radius 1 is 0.872 bits per heavy atom. The van der Waals surface area contributed by atoms with Crippen molar-refractivity contribution in [2.24, 2.45) is 7.05 Å². The number of aryl methyl sites for hydroxylation is 1. The van der Waals surface area contributed by atoms with Gasteiger partial charge in [-0.25, -0.2) is 17.8 Å². The Hall–Kier alpha value is -2.29. The average Bonchev–Trinajstić information content (AvgIpc) is 3.33. The van der Waals surface area contributed by atoms with E-state index in [-0.39, 0.29) is 16.6 Å². The second-order valence-electron chi connectivity index (χ2n) is 12.5. The molecule has 0 radical (unpaired) electrons. The molecule has 0 amide bonds. The number of hydrogen-bond donors (Lipinski definition) is 0. The minimum absolute atomic E-state index is 0.144. The molecule has 0 spiro atoms. The van der Waals surface area contributed by atoms with E-state index in [9.17, 15) is 8.42 Å². The first-order valence-corrected chi connectivity index (χ1v) is 16.6. The van der Waals surface area contributed by atoms with Crippen LogP contribution in [0.4, 0.5) is 4.39 Å². The van der Waals surface area contributed by atoms with Crippen molar-refractivity contribution in [3.63, 3.8) is 0 Å². The van der Waals surface area contributed by atoms with Gasteiger partial charge in [-0.1, -0.05) is 6.42 Å². The third-order valence-corrected chi connectivity index (χ3v) is 11.4. The van der Waals surface area contributed by atoms with Crippen LogP contribution in [0.1, 0.15) is 69.3 Å². The quantitative estimate of drug-likeness (QED) is 0.419. The zero-order chi connectivity index (χ0) is 26.9. The Morgan fingerprint density at radius 3 is 2.13 bits per heavy atom. The number of rotatable bonds is 5. The molecular weight excluding hydrogens is 511 g/mol. The molecule has 1 aliphatic carbocycles. The van der Waals surface area contributed by atoms with Gasteiger partial charge < -0.3 is 9.47 Å². The lowest BCUT2D eigenvalue weighted by molar-refractivity contribution is -0.000886. The highest BCUT2D eigenvalue weighted by molar-refractivity contribution is 7.90. The summed E-state index contributed by atoms with van der Waals surface area (Å²) in [6.07, 6.45) is 12.8. The number of hydrogen-bond acceptors (Lipinski definition) is 5. The van der Waals surface area contributed by atoms with Gasteiger partial charge in [0.05, 0.1) is 15.9 Å². The third-order valence-electron chi connectivity index (χ3n) is 10.3. The van der Waals surface area contributed by atoms with Crippen LogP contribution in [0.5, 0.6) is 0 Å². The summed E-state index contributed by atoms with van der Waals surface area (Å²) in [4.78, 5) is 10.7. The highest BCUT2D eigenvalue weighted by Crippen LogP contribution is 2.44. The average molecular weight is 551 g/mol. The lowest BCUT2D eigenvalue weighted by Crippen LogP contribution is -2.56. The summed E-state index contributed by atoms with van der Waals surface area (Å²) in [6, 6.07) is 13.5. The largest absolute Gasteiger partial charge is 0.327 e. The molecule has 2 atom stereocenters. The fraction of sp³-hybridized carbons (Fsp3) is 0.581. The number of nitrogens with zero attached hydrogens (tertiary/aromatic N) is 4. The summed E-state index contributed by atoms with van der Waals surface area (Å²) in [7, 11) is -1.38. The van der Waals surface area contributed by atoms with E-state index in [1.54, 1.807) is 30.3 Å². The molecule has 2 unspecified atom stereocenters. The minimum Gasteiger partial charge on any atom is -0.327 e. The number of aromatic nitrogens is 2. The van der Waals surface area contributed by atoms with Gasteiger partial charge in [-0.2, -0.15) is 0 Å². The highest BCUT2D eigenvalue weighted by atomic mass is 32.2. The first-order valence-electron chi connectivity index (χ1n) is 14.7. The first-order chi connectivity index (χ1) is 18.8. The fourth-order valence-corrected chi connectivity index (χ4v) is 8.62. The van der Waals surface area contributed by atoms with E-state index in [1.165, 1.54) is 51.2 Å². The summed E-state index contributed by atoms with van der Waals surface area (Å²) in [5.74, 6) is 0.783. The van der Waals surface area contributed by atoms with Gasteiger partial charge in [0.15, 0.2) is 9.84 Å². The van der Waals surface area contributed by atoms with Gasteiger partial charge in [0.2, 0.25) is 0 Å². The lowest BCUT2D eigenvalue weighted by Gasteiger charge is -2.50. The van der Waals surface area contributed by atoms with Gasteiger partial charge in [-0.15, -0.1) is 0 Å². The Morgan fingerprint density at radius 2 is 1.54 bits per heavy atom. The predicted molar refractivity (Wildman–Crippen MR) is 152 cm³/mol. The van der Waals surface area contributed by atoms with Crippen molar-refractivity contribution in [2.45, 2.75) is 92.8 Å². The van der Waals surface area contributed by atoms with Crippen LogP contribution >= 0.6 is 0 Å². The molecule has 6 nitrogen and oxygen atoms in total. The van der Waals surface area contributed by atoms with Crippen molar-refractivity contribution in [2.75, 3.05) is 19.3 Å². The van der Waals surface area contributed by atoms with E-state index in [0.717, 1.165) is 66.2 Å². The number of imidazole rings is 1. The van der Waals surface area contributed by atoms with Crippen molar-refractivity contribution in [1.82, 2.24) is 19.4 Å². The number of fused-ring (bicyclic) bond motifs is 3. The van der Waals surface area contributed by atoms with Crippen molar-refractivity contribution in [1.29, 1.82) is 0 Å². The molecule has 3 aliphatic heterocycles. The van der Waals surface area contributed by atoms with Crippen LogP contribution in [0.2, 0.25) is 0 Å². The third kappa shape index (κ3) is 4.52. The molecule has 1 saturated carbocycles. The van der Waals surface area contributed by atoms with E-state index in [0.29, 0.717) is 11.9 Å². The normalized spacial score (nSPS) is 27.3. The smallest absolute Gasteiger partial charge is 0.175 e. The molecule has 4 fully saturated rings. The molecule has 7 rings (SSSR count). The second kappa shape index (κ2) is 9.67. The number of halogens is 1. The predicted octanol–water partition coefficient (Wildman–Crippen LogP) is 5.51. The van der Waals surface area contributed by atoms with Crippen molar-refractivity contribution < 1.29 is 12.8 Å². The zero-order valence-corrected chi connectivity index (χ0v) is 23.8. The molecule has 2 bridgehead atoms. The van der Waals surface area contributed by atoms with E-state index >= 15 is 4.39 Å². The van der Waals surface area contributed by atoms with E-state index in [1.807, 2.05) is 17.7 Å². The van der Waals surface area contributed by atoms with Gasteiger partial charge in [0, 0.05) is 49.1 Å². The zero-order valence-electron chi connectivity index (χ0n) is 23.0. The van der Waals surface area contributed by atoms with Gasteiger partial charge in [-0.05, 0) is 106 Å². The monoisotopic (exact) mass is 550 g/mol. The van der Waals surface area contributed by atoms with Gasteiger partial charge in [-0.3, -0.25) is 4.90 Å². The van der Waals surface area contributed by atoms with E-state index in [2.05, 4.69) is 9.80 Å². The van der Waals surface area contributed by atoms with Crippen LogP contribution < -0.4 is 0 Å². The molecule has 39 heavy (non-hydrogen) atoms. The molecule has 0 N–H and O–H groups in total. The van der Waals surface area contributed by atoms with Crippen LogP contribution in [0.15, 0.2) is 41.3 Å². The minimum atomic E-state index is -3.26. The molecule has 208 valence electrons. The summed E-state index contributed by atoms with van der Waals surface area (Å²) in [6.45, 7) is 2.10. The number of likely N-dealkylation sites (tertiary alicyclic amines) is 1. The van der Waals surface area contributed by atoms with Crippen molar-refractivity contribution >= 4 is 20.9 Å². The summed E-state index contributed by atoms with van der Waals surface area (Å²) in [5.41, 5.74) is 3.15. The topological polar surface area (TPSA) is 58.4 Å². The molecule has 3 aromatic rings. The Bertz CT molecular complexity index is 1480. The van der Waals surface area contributed by atoms with Gasteiger partial charge in [0.25, 0.3) is 0 Å². The van der Waals surface area contributed by atoms with Crippen LogP contribution in [0.25, 0.3) is 22.4 Å². The van der Waals surface area contributed by atoms with Crippen LogP contribution in [0, 0.1) is 5.82 Å². The van der Waals surface area contributed by atoms with Gasteiger partial charge >= 0.3 is 0 Å². The summed E-state index contributed by atoms with van der Waals surface area (Å²) in [5, 5.41) is 0. The van der Waals surface area contributed by atoms with Crippen LogP contribution in [-0.2, 0) is 16.9 Å². The summed E-state index contributed by atoms with van der Waals surface area (Å²) < 4.78 is 41.0. The maximum atomic E-state index is 15.5. The van der Waals surface area contributed by atoms with E-state index in [4.69, 9.17) is 4.98 Å². The molecule has 4 heterocycles. The molecule has 8 heteroatoms. The molecular formula is C31H39FN4O2S. The SMILES string of the molecule is Cn1c(-c2ccc(S(C)(=O)=O)cc2)nc2cc(C3CCN(C4CC5CCC(C4)N5C4CCC4)CC3)c(F)cc21. The van der Waals surface area contributed by atoms with Crippen molar-refractivity contribution in [3.05, 3.63) is 47.8 Å². The maximum absolute atomic E-state index is 15.5. The number of sulfone groups is 1. The standard InChI is InChI=1S/C31H39FN4O2S/c1-34-30-19-28(32)27(18-29(30)33-31(34)21-6-10-26(11-7-21)39(2,37)38)20-12-14-35(15-13-20)25-16-23-8-9-24(17-25)36(23)22-4-3-5-22/h6-7,10-11,18-20,22-25H,3-5,8-9,12-17H2,1-2H3. The molecule has 3 saturated heterocycles. The Labute approximate surface area is 231 Å². The first kappa shape index (κ1) is 25.7. The summed E-state index contributed by atoms with van der Waals surface area (Å²) >= 11 is 0. The van der Waals surface area contributed by atoms with Gasteiger partial charge in [0.1, 0.15) is 11.6 Å².